The fourth-order valence-electron chi connectivity index (χ4n) is 1.87. The molecular formula is C14H16N2O4S. The van der Waals surface area contributed by atoms with Crippen molar-refractivity contribution in [2.24, 2.45) is 0 Å². The van der Waals surface area contributed by atoms with Crippen LogP contribution in [-0.4, -0.2) is 47.3 Å². The Labute approximate surface area is 126 Å². The number of imide groups is 1. The molecule has 0 bridgehead atoms. The number of benzene rings is 1. The Bertz CT molecular complexity index is 559. The van der Waals surface area contributed by atoms with Crippen molar-refractivity contribution < 1.29 is 19.1 Å². The highest BCUT2D eigenvalue weighted by atomic mass is 32.2. The van der Waals surface area contributed by atoms with E-state index in [2.05, 4.69) is 5.32 Å². The zero-order valence-electron chi connectivity index (χ0n) is 11.8. The minimum atomic E-state index is -0.402. The van der Waals surface area contributed by atoms with Gasteiger partial charge in [0.25, 0.3) is 0 Å². The minimum absolute atomic E-state index is 0.225. The lowest BCUT2D eigenvalue weighted by Gasteiger charge is -2.27. The minimum Gasteiger partial charge on any atom is -0.497 e. The highest BCUT2D eigenvalue weighted by molar-refractivity contribution is 8.01. The molecule has 0 saturated carbocycles. The molecule has 1 saturated heterocycles. The Balaban J connectivity index is 1.97. The lowest BCUT2D eigenvalue weighted by Crippen LogP contribution is -2.49. The van der Waals surface area contributed by atoms with Crippen molar-refractivity contribution in [3.8, 4) is 5.75 Å². The zero-order valence-corrected chi connectivity index (χ0v) is 12.6. The topological polar surface area (TPSA) is 75.7 Å². The first-order chi connectivity index (χ1) is 10.0. The molecule has 1 aromatic rings. The first kappa shape index (κ1) is 15.4. The standard InChI is InChI=1S/C14H16N2O4S/c1-9-14(19)16(13(18)8-21-9)7-12(17)15-10-3-5-11(20-2)6-4-10/h3-6,9H,7-8H2,1-2H3,(H,15,17)/t9-/m1/s1. The zero-order chi connectivity index (χ0) is 15.4. The van der Waals surface area contributed by atoms with Crippen LogP contribution >= 0.6 is 11.8 Å². The molecule has 1 N–H and O–H groups in total. The van der Waals surface area contributed by atoms with Gasteiger partial charge in [0.05, 0.1) is 18.1 Å². The van der Waals surface area contributed by atoms with E-state index in [1.807, 2.05) is 0 Å². The van der Waals surface area contributed by atoms with Gasteiger partial charge >= 0.3 is 0 Å². The average molecular weight is 308 g/mol. The first-order valence-corrected chi connectivity index (χ1v) is 7.46. The van der Waals surface area contributed by atoms with Crippen molar-refractivity contribution in [1.82, 2.24) is 4.90 Å². The van der Waals surface area contributed by atoms with Crippen LogP contribution in [-0.2, 0) is 14.4 Å². The van der Waals surface area contributed by atoms with Crippen LogP contribution in [0.5, 0.6) is 5.75 Å². The maximum Gasteiger partial charge on any atom is 0.244 e. The SMILES string of the molecule is COc1ccc(NC(=O)CN2C(=O)CS[C@H](C)C2=O)cc1. The number of methoxy groups -OCH3 is 1. The number of hydrogen-bond acceptors (Lipinski definition) is 5. The van der Waals surface area contributed by atoms with E-state index in [0.29, 0.717) is 11.4 Å². The van der Waals surface area contributed by atoms with Crippen LogP contribution in [0.4, 0.5) is 5.69 Å². The van der Waals surface area contributed by atoms with Crippen molar-refractivity contribution in [1.29, 1.82) is 0 Å². The summed E-state index contributed by atoms with van der Waals surface area (Å²) in [5.41, 5.74) is 0.583. The molecule has 6 nitrogen and oxygen atoms in total. The summed E-state index contributed by atoms with van der Waals surface area (Å²) in [4.78, 5) is 36.6. The van der Waals surface area contributed by atoms with E-state index in [1.165, 1.54) is 11.8 Å². The Kier molecular flexibility index (Phi) is 4.85. The average Bonchev–Trinajstić information content (AvgIpc) is 2.48. The van der Waals surface area contributed by atoms with Gasteiger partial charge in [-0.3, -0.25) is 19.3 Å². The maximum atomic E-state index is 11.9. The second-order valence-corrected chi connectivity index (χ2v) is 5.88. The van der Waals surface area contributed by atoms with Crippen molar-refractivity contribution in [3.05, 3.63) is 24.3 Å². The second kappa shape index (κ2) is 6.62. The molecule has 7 heteroatoms. The van der Waals surface area contributed by atoms with Crippen molar-refractivity contribution >= 4 is 35.2 Å². The number of thioether (sulfide) groups is 1. The normalized spacial score (nSPS) is 18.6. The van der Waals surface area contributed by atoms with Crippen LogP contribution in [0.25, 0.3) is 0 Å². The number of anilines is 1. The molecular weight excluding hydrogens is 292 g/mol. The van der Waals surface area contributed by atoms with E-state index in [4.69, 9.17) is 4.74 Å². The van der Waals surface area contributed by atoms with Crippen molar-refractivity contribution in [3.63, 3.8) is 0 Å². The van der Waals surface area contributed by atoms with E-state index in [-0.39, 0.29) is 29.4 Å². The van der Waals surface area contributed by atoms with Gasteiger partial charge in [0, 0.05) is 5.69 Å². The van der Waals surface area contributed by atoms with E-state index < -0.39 is 5.91 Å². The summed E-state index contributed by atoms with van der Waals surface area (Å²) in [6, 6.07) is 6.81. The van der Waals surface area contributed by atoms with Crippen LogP contribution in [0, 0.1) is 0 Å². The molecule has 1 aromatic carbocycles. The molecule has 0 radical (unpaired) electrons. The van der Waals surface area contributed by atoms with Crippen molar-refractivity contribution in [2.45, 2.75) is 12.2 Å². The number of hydrogen-bond donors (Lipinski definition) is 1. The Hall–Kier alpha value is -2.02. The van der Waals surface area contributed by atoms with E-state index in [0.717, 1.165) is 4.90 Å². The summed E-state index contributed by atoms with van der Waals surface area (Å²) in [5, 5.41) is 2.35. The third-order valence-corrected chi connectivity index (χ3v) is 4.16. The van der Waals surface area contributed by atoms with Gasteiger partial charge in [-0.05, 0) is 31.2 Å². The molecule has 1 heterocycles. The van der Waals surface area contributed by atoms with Crippen LogP contribution in [0.15, 0.2) is 24.3 Å². The largest absolute Gasteiger partial charge is 0.497 e. The fourth-order valence-corrected chi connectivity index (χ4v) is 2.69. The maximum absolute atomic E-state index is 11.9. The summed E-state index contributed by atoms with van der Waals surface area (Å²) in [6.45, 7) is 1.47. The molecule has 1 aliphatic heterocycles. The van der Waals surface area contributed by atoms with Gasteiger partial charge in [-0.25, -0.2) is 0 Å². The molecule has 1 aliphatic rings. The molecule has 21 heavy (non-hydrogen) atoms. The highest BCUT2D eigenvalue weighted by Gasteiger charge is 2.33. The van der Waals surface area contributed by atoms with Crippen LogP contribution in [0.2, 0.25) is 0 Å². The quantitative estimate of drug-likeness (QED) is 0.844. The summed E-state index contributed by atoms with van der Waals surface area (Å²) in [7, 11) is 1.56. The second-order valence-electron chi connectivity index (χ2n) is 4.55. The summed E-state index contributed by atoms with van der Waals surface area (Å²) in [5.74, 6) is -0.141. The molecule has 112 valence electrons. The molecule has 1 atom stereocenters. The van der Waals surface area contributed by atoms with Gasteiger partial charge in [-0.2, -0.15) is 0 Å². The van der Waals surface area contributed by atoms with Gasteiger partial charge in [0.1, 0.15) is 12.3 Å². The van der Waals surface area contributed by atoms with Gasteiger partial charge in [0.15, 0.2) is 0 Å². The monoisotopic (exact) mass is 308 g/mol. The van der Waals surface area contributed by atoms with E-state index in [1.54, 1.807) is 38.3 Å². The molecule has 3 amide bonds. The number of carbonyl (C=O) groups excluding carboxylic acids is 3. The predicted octanol–water partition coefficient (Wildman–Crippen LogP) is 1.12. The van der Waals surface area contributed by atoms with E-state index >= 15 is 0 Å². The molecule has 0 spiro atoms. The summed E-state index contributed by atoms with van der Waals surface area (Å²) >= 11 is 1.29. The predicted molar refractivity (Wildman–Crippen MR) is 80.3 cm³/mol. The fraction of sp³-hybridized carbons (Fsp3) is 0.357. The Morgan fingerprint density at radius 3 is 2.67 bits per heavy atom. The molecule has 0 unspecified atom stereocenters. The first-order valence-electron chi connectivity index (χ1n) is 6.41. The number of nitrogens with zero attached hydrogens (tertiary/aromatic N) is 1. The Morgan fingerprint density at radius 2 is 2.05 bits per heavy atom. The van der Waals surface area contributed by atoms with Gasteiger partial charge < -0.3 is 10.1 Å². The lowest BCUT2D eigenvalue weighted by molar-refractivity contribution is -0.145. The number of ether oxygens (including phenoxy) is 1. The molecule has 0 aromatic heterocycles. The number of amides is 3. The van der Waals surface area contributed by atoms with Crippen molar-refractivity contribution in [2.75, 3.05) is 24.7 Å². The number of carbonyl (C=O) groups is 3. The molecule has 0 aliphatic carbocycles. The third-order valence-electron chi connectivity index (χ3n) is 3.05. The van der Waals surface area contributed by atoms with E-state index in [9.17, 15) is 14.4 Å². The highest BCUT2D eigenvalue weighted by Crippen LogP contribution is 2.20. The lowest BCUT2D eigenvalue weighted by atomic mass is 10.3. The third kappa shape index (κ3) is 3.75. The van der Waals surface area contributed by atoms with Gasteiger partial charge in [-0.15, -0.1) is 11.8 Å². The van der Waals surface area contributed by atoms with Gasteiger partial charge in [-0.1, -0.05) is 0 Å². The summed E-state index contributed by atoms with van der Waals surface area (Å²) < 4.78 is 5.02. The summed E-state index contributed by atoms with van der Waals surface area (Å²) in [6.07, 6.45) is 0. The van der Waals surface area contributed by atoms with Crippen LogP contribution in [0.1, 0.15) is 6.92 Å². The number of nitrogens with one attached hydrogen (secondary N) is 1. The van der Waals surface area contributed by atoms with Crippen LogP contribution < -0.4 is 10.1 Å². The number of rotatable bonds is 4. The smallest absolute Gasteiger partial charge is 0.244 e. The Morgan fingerprint density at radius 1 is 1.38 bits per heavy atom. The molecule has 2 rings (SSSR count). The van der Waals surface area contributed by atoms with Gasteiger partial charge in [0.2, 0.25) is 17.7 Å². The molecule has 1 fully saturated rings. The van der Waals surface area contributed by atoms with Crippen LogP contribution in [0.3, 0.4) is 0 Å².